The first-order valence-corrected chi connectivity index (χ1v) is 4.90. The summed E-state index contributed by atoms with van der Waals surface area (Å²) in [7, 11) is 0. The number of aromatic hydroxyl groups is 1. The van der Waals surface area contributed by atoms with Gasteiger partial charge >= 0.3 is 5.97 Å². The number of carboxylic acids is 1. The maximum atomic E-state index is 10.6. The lowest BCUT2D eigenvalue weighted by atomic mass is 10.0. The maximum Gasteiger partial charge on any atom is 0.335 e. The van der Waals surface area contributed by atoms with Crippen molar-refractivity contribution < 1.29 is 25.2 Å². The number of phenolic OH excluding ortho intramolecular Hbond substituents is 1. The minimum atomic E-state index is -1.47. The highest BCUT2D eigenvalue weighted by Gasteiger charge is 2.21. The molecule has 0 aliphatic rings. The van der Waals surface area contributed by atoms with Crippen LogP contribution >= 0.6 is 0 Å². The van der Waals surface area contributed by atoms with Crippen LogP contribution in [0.2, 0.25) is 0 Å². The molecule has 0 spiro atoms. The predicted octanol–water partition coefficient (Wildman–Crippen LogP) is 0.795. The molecule has 0 heterocycles. The highest BCUT2D eigenvalue weighted by atomic mass is 16.4. The Morgan fingerprint density at radius 1 is 1.44 bits per heavy atom. The summed E-state index contributed by atoms with van der Waals surface area (Å²) < 4.78 is 0. The summed E-state index contributed by atoms with van der Waals surface area (Å²) in [5.74, 6) is -1.68. The zero-order valence-electron chi connectivity index (χ0n) is 9.13. The zero-order valence-corrected chi connectivity index (χ0v) is 9.13. The summed E-state index contributed by atoms with van der Waals surface area (Å²) in [6, 6.07) is 3.32. The Kier molecular flexibility index (Phi) is 4.50. The number of benzene rings is 1. The Labute approximate surface area is 101 Å². The van der Waals surface area contributed by atoms with Gasteiger partial charge in [0.05, 0.1) is 18.2 Å². The minimum Gasteiger partial charge on any atom is -0.508 e. The van der Waals surface area contributed by atoms with Crippen LogP contribution in [0.4, 0.5) is 0 Å². The van der Waals surface area contributed by atoms with Crippen LogP contribution in [0.3, 0.4) is 0 Å². The molecular weight excluding hydrogens is 242 g/mol. The van der Waals surface area contributed by atoms with Crippen LogP contribution in [0.25, 0.3) is 10.4 Å². The zero-order chi connectivity index (χ0) is 13.7. The Balaban J connectivity index is 2.95. The van der Waals surface area contributed by atoms with Crippen molar-refractivity contribution >= 4 is 5.97 Å². The molecular formula is C10H11N3O5. The molecule has 0 amide bonds. The average Bonchev–Trinajstić information content (AvgIpc) is 2.34. The van der Waals surface area contributed by atoms with Gasteiger partial charge in [-0.1, -0.05) is 11.2 Å². The normalized spacial score (nSPS) is 13.4. The number of carboxylic acid groups (broad SMARTS) is 1. The summed E-state index contributed by atoms with van der Waals surface area (Å²) in [4.78, 5) is 13.1. The van der Waals surface area contributed by atoms with Gasteiger partial charge in [0.1, 0.15) is 11.9 Å². The SMILES string of the molecule is [N-]=[N+]=NCC(O)C(O)c1ccc(C(=O)O)cc1O. The van der Waals surface area contributed by atoms with Crippen LogP contribution in [0, 0.1) is 0 Å². The number of rotatable bonds is 5. The molecule has 0 saturated carbocycles. The highest BCUT2D eigenvalue weighted by Crippen LogP contribution is 2.27. The van der Waals surface area contributed by atoms with Gasteiger partial charge in [-0.3, -0.25) is 0 Å². The molecule has 8 heteroatoms. The van der Waals surface area contributed by atoms with E-state index in [4.69, 9.17) is 10.6 Å². The van der Waals surface area contributed by atoms with E-state index in [9.17, 15) is 20.1 Å². The third-order valence-electron chi connectivity index (χ3n) is 2.29. The smallest absolute Gasteiger partial charge is 0.335 e. The largest absolute Gasteiger partial charge is 0.508 e. The van der Waals surface area contributed by atoms with Crippen molar-refractivity contribution in [1.82, 2.24) is 0 Å². The second-order valence-electron chi connectivity index (χ2n) is 3.50. The van der Waals surface area contributed by atoms with Crippen molar-refractivity contribution in [1.29, 1.82) is 0 Å². The van der Waals surface area contributed by atoms with Gasteiger partial charge in [0.25, 0.3) is 0 Å². The Hall–Kier alpha value is -2.28. The van der Waals surface area contributed by atoms with Crippen LogP contribution in [0.15, 0.2) is 23.3 Å². The van der Waals surface area contributed by atoms with E-state index in [0.29, 0.717) is 0 Å². The molecule has 4 N–H and O–H groups in total. The number of hydrogen-bond acceptors (Lipinski definition) is 5. The number of hydrogen-bond donors (Lipinski definition) is 4. The molecule has 0 aliphatic carbocycles. The Bertz CT molecular complexity index is 498. The van der Waals surface area contributed by atoms with E-state index in [-0.39, 0.29) is 17.7 Å². The lowest BCUT2D eigenvalue weighted by molar-refractivity contribution is 0.0230. The molecule has 0 fully saturated rings. The fourth-order valence-electron chi connectivity index (χ4n) is 1.35. The van der Waals surface area contributed by atoms with Gasteiger partial charge < -0.3 is 20.4 Å². The number of phenols is 1. The van der Waals surface area contributed by atoms with Crippen LogP contribution in [-0.2, 0) is 0 Å². The fourth-order valence-corrected chi connectivity index (χ4v) is 1.35. The molecule has 1 aromatic rings. The fraction of sp³-hybridized carbons (Fsp3) is 0.300. The van der Waals surface area contributed by atoms with E-state index >= 15 is 0 Å². The summed E-state index contributed by atoms with van der Waals surface area (Å²) in [6.07, 6.45) is -2.86. The summed E-state index contributed by atoms with van der Waals surface area (Å²) in [5.41, 5.74) is 7.88. The molecule has 2 unspecified atom stereocenters. The van der Waals surface area contributed by atoms with Gasteiger partial charge in [-0.2, -0.15) is 0 Å². The van der Waals surface area contributed by atoms with Crippen LogP contribution < -0.4 is 0 Å². The Morgan fingerprint density at radius 3 is 2.61 bits per heavy atom. The lowest BCUT2D eigenvalue weighted by Crippen LogP contribution is -2.21. The highest BCUT2D eigenvalue weighted by molar-refractivity contribution is 5.88. The number of aromatic carboxylic acids is 1. The molecule has 0 aromatic heterocycles. The van der Waals surface area contributed by atoms with Gasteiger partial charge in [-0.05, 0) is 17.7 Å². The number of nitrogens with zero attached hydrogens (tertiary/aromatic N) is 3. The van der Waals surface area contributed by atoms with E-state index in [1.165, 1.54) is 12.1 Å². The topological polar surface area (TPSA) is 147 Å². The predicted molar refractivity (Wildman–Crippen MR) is 60.0 cm³/mol. The van der Waals surface area contributed by atoms with Crippen molar-refractivity contribution in [3.05, 3.63) is 39.8 Å². The van der Waals surface area contributed by atoms with Crippen LogP contribution in [-0.4, -0.2) is 39.0 Å². The molecule has 96 valence electrons. The summed E-state index contributed by atoms with van der Waals surface area (Å²) in [5, 5.41) is 40.5. The average molecular weight is 253 g/mol. The van der Waals surface area contributed by atoms with Gasteiger partial charge in [0.15, 0.2) is 0 Å². The van der Waals surface area contributed by atoms with Crippen molar-refractivity contribution in [2.24, 2.45) is 5.11 Å². The van der Waals surface area contributed by atoms with E-state index in [1.54, 1.807) is 0 Å². The number of aliphatic hydroxyl groups excluding tert-OH is 2. The third-order valence-corrected chi connectivity index (χ3v) is 2.29. The molecule has 0 radical (unpaired) electrons. The van der Waals surface area contributed by atoms with Crippen molar-refractivity contribution in [2.45, 2.75) is 12.2 Å². The molecule has 1 rings (SSSR count). The maximum absolute atomic E-state index is 10.6. The van der Waals surface area contributed by atoms with Gasteiger partial charge in [0.2, 0.25) is 0 Å². The van der Waals surface area contributed by atoms with E-state index < -0.39 is 23.9 Å². The van der Waals surface area contributed by atoms with E-state index in [2.05, 4.69) is 10.0 Å². The number of azide groups is 1. The summed E-state index contributed by atoms with van der Waals surface area (Å²) >= 11 is 0. The third kappa shape index (κ3) is 3.11. The monoisotopic (exact) mass is 253 g/mol. The second kappa shape index (κ2) is 5.87. The van der Waals surface area contributed by atoms with Gasteiger partial charge in [0, 0.05) is 10.5 Å². The van der Waals surface area contributed by atoms with E-state index in [1.807, 2.05) is 0 Å². The lowest BCUT2D eigenvalue weighted by Gasteiger charge is -2.17. The molecule has 0 bridgehead atoms. The first-order valence-electron chi connectivity index (χ1n) is 4.90. The van der Waals surface area contributed by atoms with Crippen LogP contribution in [0.5, 0.6) is 5.75 Å². The summed E-state index contributed by atoms with van der Waals surface area (Å²) in [6.45, 7) is -0.363. The van der Waals surface area contributed by atoms with Crippen molar-refractivity contribution in [2.75, 3.05) is 6.54 Å². The number of carbonyl (C=O) groups is 1. The van der Waals surface area contributed by atoms with E-state index in [0.717, 1.165) is 6.07 Å². The minimum absolute atomic E-state index is 0.0411. The number of aliphatic hydroxyl groups is 2. The molecule has 2 atom stereocenters. The quantitative estimate of drug-likeness (QED) is 0.348. The first kappa shape index (κ1) is 13.8. The molecule has 8 nitrogen and oxygen atoms in total. The molecule has 0 saturated heterocycles. The van der Waals surface area contributed by atoms with Gasteiger partial charge in [-0.15, -0.1) is 0 Å². The van der Waals surface area contributed by atoms with Crippen molar-refractivity contribution in [3.63, 3.8) is 0 Å². The van der Waals surface area contributed by atoms with Crippen LogP contribution in [0.1, 0.15) is 22.0 Å². The Morgan fingerprint density at radius 2 is 2.11 bits per heavy atom. The molecule has 0 aliphatic heterocycles. The van der Waals surface area contributed by atoms with Gasteiger partial charge in [-0.25, -0.2) is 4.79 Å². The second-order valence-corrected chi connectivity index (χ2v) is 3.50. The van der Waals surface area contributed by atoms with Crippen molar-refractivity contribution in [3.8, 4) is 5.75 Å². The standard InChI is InChI=1S/C10H11N3O5/c11-13-12-4-8(15)9(16)6-2-1-5(10(17)18)3-7(6)14/h1-3,8-9,14-16H,4H2,(H,17,18). The molecule has 1 aromatic carbocycles. The molecule has 18 heavy (non-hydrogen) atoms. The first-order chi connectivity index (χ1) is 8.47.